The summed E-state index contributed by atoms with van der Waals surface area (Å²) in [6, 6.07) is 67.9. The largest absolute Gasteiger partial charge is 0.509 e. The van der Waals surface area contributed by atoms with Gasteiger partial charge in [-0.2, -0.15) is 6.07 Å². The first-order valence-corrected chi connectivity index (χ1v) is 28.5. The molecule has 2 aromatic heterocycles. The molecule has 0 bridgehead atoms. The van der Waals surface area contributed by atoms with Gasteiger partial charge >= 0.3 is 0 Å². The Hall–Kier alpha value is -6.42. The van der Waals surface area contributed by atoms with Crippen molar-refractivity contribution >= 4 is 44.6 Å². The Labute approximate surface area is 494 Å². The number of fused-ring (bicyclic) bond motifs is 4. The fourth-order valence-electron chi connectivity index (χ4n) is 14.6. The number of nitrogens with zero attached hydrogens (tertiary/aromatic N) is 4. The van der Waals surface area contributed by atoms with Crippen LogP contribution in [0.3, 0.4) is 0 Å². The van der Waals surface area contributed by atoms with Gasteiger partial charge in [-0.1, -0.05) is 239 Å². The third kappa shape index (κ3) is 9.61. The van der Waals surface area contributed by atoms with Crippen molar-refractivity contribution in [1.29, 1.82) is 0 Å². The molecular formula is C74H83N4OPt-3. The average Bonchev–Trinajstić information content (AvgIpc) is 3.81. The maximum atomic E-state index is 7.06. The number of rotatable bonds is 9. The molecule has 0 amide bonds. The number of pyridine rings is 1. The number of aromatic nitrogens is 2. The van der Waals surface area contributed by atoms with Crippen LogP contribution in [-0.4, -0.2) is 9.55 Å². The van der Waals surface area contributed by atoms with Gasteiger partial charge in [0.15, 0.2) is 0 Å². The van der Waals surface area contributed by atoms with Crippen LogP contribution >= 0.6 is 0 Å². The number of hydrogen-bond donors (Lipinski definition) is 0. The molecule has 10 rings (SSSR count). The Morgan fingerprint density at radius 3 is 1.45 bits per heavy atom. The van der Waals surface area contributed by atoms with Crippen LogP contribution in [0.4, 0.5) is 22.7 Å². The van der Waals surface area contributed by atoms with Gasteiger partial charge in [-0.3, -0.25) is 0 Å². The quantitative estimate of drug-likeness (QED) is 0.135. The maximum absolute atomic E-state index is 7.06. The van der Waals surface area contributed by atoms with E-state index in [1.54, 1.807) is 0 Å². The van der Waals surface area contributed by atoms with E-state index in [2.05, 4.69) is 316 Å². The first-order valence-electron chi connectivity index (χ1n) is 28.5. The second-order valence-electron chi connectivity index (χ2n) is 28.3. The van der Waals surface area contributed by atoms with E-state index in [4.69, 9.17) is 9.72 Å². The van der Waals surface area contributed by atoms with Crippen LogP contribution in [0.1, 0.15) is 158 Å². The molecule has 80 heavy (non-hydrogen) atoms. The summed E-state index contributed by atoms with van der Waals surface area (Å²) in [5.74, 6) is 2.07. The van der Waals surface area contributed by atoms with Crippen LogP contribution in [0.5, 0.6) is 11.5 Å². The van der Waals surface area contributed by atoms with Crippen LogP contribution < -0.4 is 14.5 Å². The van der Waals surface area contributed by atoms with Gasteiger partial charge in [0.1, 0.15) is 5.82 Å². The molecule has 418 valence electrons. The summed E-state index contributed by atoms with van der Waals surface area (Å²) in [7, 11) is 0. The zero-order chi connectivity index (χ0) is 56.9. The minimum absolute atomic E-state index is 0. The molecule has 1 aliphatic heterocycles. The number of para-hydroxylation sites is 4. The van der Waals surface area contributed by atoms with Crippen molar-refractivity contribution in [2.75, 3.05) is 9.80 Å². The monoisotopic (exact) mass is 1240 g/mol. The van der Waals surface area contributed by atoms with E-state index >= 15 is 0 Å². The molecular weight excluding hydrogens is 1160 g/mol. The molecule has 0 saturated carbocycles. The second-order valence-corrected chi connectivity index (χ2v) is 28.3. The molecule has 6 heteroatoms. The van der Waals surface area contributed by atoms with Crippen molar-refractivity contribution in [3.05, 3.63) is 222 Å². The summed E-state index contributed by atoms with van der Waals surface area (Å²) in [4.78, 5) is 9.82. The zero-order valence-corrected chi connectivity index (χ0v) is 53.0. The summed E-state index contributed by atoms with van der Waals surface area (Å²) in [6.45, 7) is 45.2. The SMILES string of the molecule is CC(C)(C)c1cc(Oc2[c-]c3c(cc2)c2ccccc2n3-c2cc(C(C)(C)C)ccn2)[c-]c(N2[CH-]N(c3c(C(c4ccccc4)(C(C)(C)C)C(C)(C)C)cccc3C(c3ccccc3)(C(C)(C)C)C(C)(C)C)c3ccccc32)c1.[Pt]. The predicted octanol–water partition coefficient (Wildman–Crippen LogP) is 20.3. The normalized spacial score (nSPS) is 13.9. The van der Waals surface area contributed by atoms with Gasteiger partial charge in [0.25, 0.3) is 0 Å². The van der Waals surface area contributed by atoms with Crippen LogP contribution in [-0.2, 0) is 42.7 Å². The summed E-state index contributed by atoms with van der Waals surface area (Å²) in [6.07, 6.45) is 1.92. The molecule has 0 aliphatic carbocycles. The smallest absolute Gasteiger partial charge is 0.135 e. The molecule has 7 aromatic carbocycles. The van der Waals surface area contributed by atoms with Gasteiger partial charge in [0, 0.05) is 72.2 Å². The summed E-state index contributed by atoms with van der Waals surface area (Å²) in [5.41, 5.74) is 11.4. The zero-order valence-electron chi connectivity index (χ0n) is 50.8. The van der Waals surface area contributed by atoms with Crippen molar-refractivity contribution in [2.24, 2.45) is 21.7 Å². The van der Waals surface area contributed by atoms with Crippen molar-refractivity contribution in [1.82, 2.24) is 9.55 Å². The fourth-order valence-corrected chi connectivity index (χ4v) is 14.6. The van der Waals surface area contributed by atoms with Gasteiger partial charge in [-0.15, -0.1) is 53.6 Å². The average molecular weight is 1240 g/mol. The number of anilines is 4. The van der Waals surface area contributed by atoms with Crippen molar-refractivity contribution < 1.29 is 25.8 Å². The Kier molecular flexibility index (Phi) is 14.9. The van der Waals surface area contributed by atoms with Gasteiger partial charge in [0.2, 0.25) is 0 Å². The Morgan fingerprint density at radius 2 is 0.925 bits per heavy atom. The third-order valence-corrected chi connectivity index (χ3v) is 17.2. The molecule has 0 radical (unpaired) electrons. The number of benzene rings is 7. The van der Waals surface area contributed by atoms with E-state index in [1.165, 1.54) is 33.5 Å². The molecule has 3 heterocycles. The Balaban J connectivity index is 0.00000774. The second kappa shape index (κ2) is 20.5. The van der Waals surface area contributed by atoms with Gasteiger partial charge < -0.3 is 19.1 Å². The van der Waals surface area contributed by atoms with Crippen LogP contribution in [0.15, 0.2) is 170 Å². The molecule has 5 nitrogen and oxygen atoms in total. The molecule has 0 atom stereocenters. The molecule has 0 N–H and O–H groups in total. The number of hydrogen-bond acceptors (Lipinski definition) is 4. The first-order chi connectivity index (χ1) is 37.0. The molecule has 0 spiro atoms. The van der Waals surface area contributed by atoms with Crippen molar-refractivity contribution in [2.45, 2.75) is 146 Å². The van der Waals surface area contributed by atoms with Crippen LogP contribution in [0, 0.1) is 40.5 Å². The minimum atomic E-state index is -0.505. The maximum Gasteiger partial charge on any atom is 0.135 e. The fraction of sp³-hybridized carbons (Fsp3) is 0.351. The standard InChI is InChI=1S/C74H83N4O.Pt/c1-67(2,3)52-42-43-75-65(46-52)78-61-37-26-25-34-57(61)58-41-40-55(48-64(58)78)79-56-45-53(68(4,5)6)44-54(47-56)76-49-77(63-39-28-27-38-62(63)76)66-59(73(69(7,8)9,70(10,11)12)50-30-21-19-22-31-50)35-29-36-60(66)74(71(13,14)15,72(16,17)18)51-32-23-20-24-33-51;/h19-46,49H,1-18H3;/q-3;. The Morgan fingerprint density at radius 1 is 0.425 bits per heavy atom. The third-order valence-electron chi connectivity index (χ3n) is 17.2. The summed E-state index contributed by atoms with van der Waals surface area (Å²) >= 11 is 0. The van der Waals surface area contributed by atoms with Gasteiger partial charge in [-0.05, 0) is 96.0 Å². The molecule has 0 unspecified atom stereocenters. The van der Waals surface area contributed by atoms with E-state index in [0.717, 1.165) is 50.2 Å². The Bertz CT molecular complexity index is 3580. The number of ether oxygens (including phenoxy) is 1. The van der Waals surface area contributed by atoms with Crippen LogP contribution in [0.2, 0.25) is 0 Å². The van der Waals surface area contributed by atoms with E-state index < -0.39 is 10.8 Å². The molecule has 0 saturated heterocycles. The first kappa shape index (κ1) is 58.2. The summed E-state index contributed by atoms with van der Waals surface area (Å²) < 4.78 is 9.29. The summed E-state index contributed by atoms with van der Waals surface area (Å²) in [5, 5.41) is 2.23. The van der Waals surface area contributed by atoms with E-state index in [0.29, 0.717) is 11.5 Å². The topological polar surface area (TPSA) is 33.5 Å². The van der Waals surface area contributed by atoms with E-state index in [9.17, 15) is 0 Å². The molecule has 1 aliphatic rings. The minimum Gasteiger partial charge on any atom is -0.509 e. The van der Waals surface area contributed by atoms with Crippen molar-refractivity contribution in [3.8, 4) is 17.3 Å². The van der Waals surface area contributed by atoms with E-state index in [1.807, 2.05) is 12.3 Å². The van der Waals surface area contributed by atoms with E-state index in [-0.39, 0.29) is 53.6 Å². The van der Waals surface area contributed by atoms with Gasteiger partial charge in [0.05, 0.1) is 0 Å². The van der Waals surface area contributed by atoms with Gasteiger partial charge in [-0.25, -0.2) is 4.98 Å². The molecule has 0 fully saturated rings. The molecule has 9 aromatic rings. The van der Waals surface area contributed by atoms with Crippen LogP contribution in [0.25, 0.3) is 27.6 Å². The predicted molar refractivity (Wildman–Crippen MR) is 334 cm³/mol. The van der Waals surface area contributed by atoms with Crippen molar-refractivity contribution in [3.63, 3.8) is 0 Å².